The predicted octanol–water partition coefficient (Wildman–Crippen LogP) is 2.54. The summed E-state index contributed by atoms with van der Waals surface area (Å²) in [5.41, 5.74) is 0.688. The highest BCUT2D eigenvalue weighted by Crippen LogP contribution is 2.62. The van der Waals surface area contributed by atoms with Crippen LogP contribution in [0.3, 0.4) is 0 Å². The van der Waals surface area contributed by atoms with E-state index in [1.807, 2.05) is 0 Å². The van der Waals surface area contributed by atoms with E-state index in [-0.39, 0.29) is 0 Å². The van der Waals surface area contributed by atoms with E-state index in [1.165, 1.54) is 0 Å². The van der Waals surface area contributed by atoms with Gasteiger partial charge in [0.15, 0.2) is 5.11 Å². The average Bonchev–Trinajstić information content (AvgIpc) is 2.44. The largest absolute Gasteiger partial charge is 0.362 e. The van der Waals surface area contributed by atoms with Crippen molar-refractivity contribution in [3.05, 3.63) is 0 Å². The second kappa shape index (κ2) is 3.93. The van der Waals surface area contributed by atoms with Gasteiger partial charge in [-0.3, -0.25) is 0 Å². The fourth-order valence-corrected chi connectivity index (χ4v) is 2.24. The molecule has 1 aliphatic rings. The van der Waals surface area contributed by atoms with E-state index in [1.54, 1.807) is 0 Å². The quantitative estimate of drug-likeness (QED) is 0.726. The minimum absolute atomic E-state index is 0.344. The Kier molecular flexibility index (Phi) is 3.34. The minimum atomic E-state index is 0.344. The van der Waals surface area contributed by atoms with Gasteiger partial charge >= 0.3 is 0 Å². The van der Waals surface area contributed by atoms with Gasteiger partial charge in [-0.15, -0.1) is 0 Å². The number of nitrogens with one attached hydrogen (secondary N) is 2. The van der Waals surface area contributed by atoms with Crippen molar-refractivity contribution >= 4 is 17.3 Å². The fourth-order valence-electron chi connectivity index (χ4n) is 2.04. The smallest absolute Gasteiger partial charge is 0.166 e. The zero-order valence-corrected chi connectivity index (χ0v) is 11.6. The Morgan fingerprint density at radius 2 is 1.67 bits per heavy atom. The normalized spacial score (nSPS) is 22.6. The van der Waals surface area contributed by atoms with Crippen LogP contribution in [0.4, 0.5) is 0 Å². The minimum Gasteiger partial charge on any atom is -0.362 e. The molecule has 1 rings (SSSR count). The molecule has 3 heteroatoms. The van der Waals surface area contributed by atoms with Crippen LogP contribution in [0.25, 0.3) is 0 Å². The molecule has 0 aliphatic heterocycles. The van der Waals surface area contributed by atoms with Gasteiger partial charge in [-0.25, -0.2) is 0 Å². The van der Waals surface area contributed by atoms with Gasteiger partial charge in [-0.05, 0) is 29.0 Å². The Hall–Kier alpha value is -0.310. The molecule has 0 spiro atoms. The fraction of sp³-hybridized carbons (Fsp3) is 0.917. The van der Waals surface area contributed by atoms with Crippen LogP contribution in [0.5, 0.6) is 0 Å². The molecule has 2 N–H and O–H groups in total. The zero-order chi connectivity index (χ0) is 11.9. The third kappa shape index (κ3) is 2.44. The van der Waals surface area contributed by atoms with Crippen LogP contribution in [-0.2, 0) is 0 Å². The highest BCUT2D eigenvalue weighted by atomic mass is 32.1. The van der Waals surface area contributed by atoms with Crippen LogP contribution in [0.15, 0.2) is 0 Å². The van der Waals surface area contributed by atoms with E-state index in [9.17, 15) is 0 Å². The summed E-state index contributed by atoms with van der Waals surface area (Å²) in [4.78, 5) is 0. The van der Waals surface area contributed by atoms with Crippen molar-refractivity contribution in [3.8, 4) is 0 Å². The molecule has 0 radical (unpaired) electrons. The molecule has 0 aromatic carbocycles. The third-order valence-corrected chi connectivity index (χ3v) is 4.23. The zero-order valence-electron chi connectivity index (χ0n) is 10.8. The number of hydrogen-bond acceptors (Lipinski definition) is 1. The van der Waals surface area contributed by atoms with Crippen molar-refractivity contribution in [2.45, 2.75) is 47.6 Å². The van der Waals surface area contributed by atoms with Gasteiger partial charge in [-0.1, -0.05) is 41.5 Å². The van der Waals surface area contributed by atoms with Crippen LogP contribution in [0, 0.1) is 16.7 Å². The lowest BCUT2D eigenvalue weighted by Crippen LogP contribution is -2.40. The van der Waals surface area contributed by atoms with Crippen LogP contribution in [-0.4, -0.2) is 17.7 Å². The lowest BCUT2D eigenvalue weighted by atomic mass is 10.0. The molecule has 15 heavy (non-hydrogen) atoms. The monoisotopic (exact) mass is 228 g/mol. The van der Waals surface area contributed by atoms with Crippen molar-refractivity contribution in [3.63, 3.8) is 0 Å². The maximum atomic E-state index is 5.27. The lowest BCUT2D eigenvalue weighted by Gasteiger charge is -2.13. The highest BCUT2D eigenvalue weighted by molar-refractivity contribution is 7.80. The first-order valence-electron chi connectivity index (χ1n) is 5.74. The van der Waals surface area contributed by atoms with Crippen LogP contribution < -0.4 is 10.6 Å². The molecule has 1 fully saturated rings. The number of hydrogen-bond donors (Lipinski definition) is 2. The Labute approximate surface area is 99.2 Å². The maximum Gasteiger partial charge on any atom is 0.166 e. The average molecular weight is 228 g/mol. The van der Waals surface area contributed by atoms with Gasteiger partial charge in [0.1, 0.15) is 0 Å². The van der Waals surface area contributed by atoms with Crippen molar-refractivity contribution in [2.24, 2.45) is 16.7 Å². The summed E-state index contributed by atoms with van der Waals surface area (Å²) in [6.07, 6.45) is 0. The van der Waals surface area contributed by atoms with Crippen LogP contribution in [0.1, 0.15) is 41.5 Å². The molecular weight excluding hydrogens is 204 g/mol. The summed E-state index contributed by atoms with van der Waals surface area (Å²) >= 11 is 5.27. The van der Waals surface area contributed by atoms with E-state index in [0.29, 0.717) is 22.8 Å². The highest BCUT2D eigenvalue weighted by Gasteiger charge is 2.65. The third-order valence-electron chi connectivity index (χ3n) is 3.97. The van der Waals surface area contributed by atoms with Crippen molar-refractivity contribution in [1.82, 2.24) is 10.6 Å². The van der Waals surface area contributed by atoms with Crippen molar-refractivity contribution in [1.29, 1.82) is 0 Å². The molecule has 0 unspecified atom stereocenters. The number of rotatable bonds is 3. The van der Waals surface area contributed by atoms with Crippen LogP contribution >= 0.6 is 12.2 Å². The lowest BCUT2D eigenvalue weighted by molar-refractivity contribution is 0.457. The molecule has 0 saturated heterocycles. The summed E-state index contributed by atoms with van der Waals surface area (Å²) in [6, 6.07) is 0.497. The first-order valence-corrected chi connectivity index (χ1v) is 6.14. The van der Waals surface area contributed by atoms with Gasteiger partial charge in [0.25, 0.3) is 0 Å². The predicted molar refractivity (Wildman–Crippen MR) is 69.9 cm³/mol. The molecule has 0 atom stereocenters. The van der Waals surface area contributed by atoms with E-state index < -0.39 is 0 Å². The molecule has 0 aromatic rings. The van der Waals surface area contributed by atoms with E-state index >= 15 is 0 Å². The maximum absolute atomic E-state index is 5.27. The van der Waals surface area contributed by atoms with Gasteiger partial charge in [0.2, 0.25) is 0 Å². The van der Waals surface area contributed by atoms with E-state index in [0.717, 1.165) is 11.7 Å². The van der Waals surface area contributed by atoms with Crippen LogP contribution in [0.2, 0.25) is 0 Å². The molecule has 0 aromatic heterocycles. The standard InChI is InChI=1S/C12H24N2S/c1-8(2)7-13-10(15)14-9-11(3,4)12(9,5)6/h8-9H,7H2,1-6H3,(H2,13,14,15). The van der Waals surface area contributed by atoms with Gasteiger partial charge in [0, 0.05) is 12.6 Å². The van der Waals surface area contributed by atoms with E-state index in [4.69, 9.17) is 12.2 Å². The summed E-state index contributed by atoms with van der Waals surface area (Å²) in [7, 11) is 0. The van der Waals surface area contributed by atoms with Crippen molar-refractivity contribution < 1.29 is 0 Å². The Morgan fingerprint density at radius 1 is 1.20 bits per heavy atom. The van der Waals surface area contributed by atoms with Crippen molar-refractivity contribution in [2.75, 3.05) is 6.54 Å². The summed E-state index contributed by atoms with van der Waals surface area (Å²) in [5.74, 6) is 0.630. The molecule has 0 amide bonds. The Bertz CT molecular complexity index is 242. The summed E-state index contributed by atoms with van der Waals surface area (Å²) < 4.78 is 0. The molecule has 1 aliphatic carbocycles. The first kappa shape index (κ1) is 12.8. The topological polar surface area (TPSA) is 24.1 Å². The second-order valence-corrected chi connectivity index (χ2v) is 6.53. The molecule has 1 saturated carbocycles. The molecule has 2 nitrogen and oxygen atoms in total. The molecule has 88 valence electrons. The summed E-state index contributed by atoms with van der Waals surface area (Å²) in [5, 5.41) is 7.46. The van der Waals surface area contributed by atoms with Gasteiger partial charge < -0.3 is 10.6 Å². The second-order valence-electron chi connectivity index (χ2n) is 6.12. The molecule has 0 bridgehead atoms. The molecule has 0 heterocycles. The summed E-state index contributed by atoms with van der Waals surface area (Å²) in [6.45, 7) is 14.5. The SMILES string of the molecule is CC(C)CNC(=S)NC1C(C)(C)C1(C)C. The van der Waals surface area contributed by atoms with Gasteiger partial charge in [-0.2, -0.15) is 0 Å². The molecular formula is C12H24N2S. The number of thiocarbonyl (C=S) groups is 1. The van der Waals surface area contributed by atoms with Gasteiger partial charge in [0.05, 0.1) is 0 Å². The van der Waals surface area contributed by atoms with E-state index in [2.05, 4.69) is 52.2 Å². The Balaban J connectivity index is 2.36. The first-order chi connectivity index (χ1) is 6.69. The Morgan fingerprint density at radius 3 is 2.00 bits per heavy atom.